The quantitative estimate of drug-likeness (QED) is 0.918. The van der Waals surface area contributed by atoms with E-state index in [0.717, 1.165) is 13.1 Å². The fraction of sp³-hybridized carbons (Fsp3) is 0.154. The van der Waals surface area contributed by atoms with Crippen molar-refractivity contribution < 1.29 is 23.1 Å². The molecule has 0 fully saturated rings. The van der Waals surface area contributed by atoms with Gasteiger partial charge in [0.05, 0.1) is 10.6 Å². The van der Waals surface area contributed by atoms with Crippen LogP contribution in [-0.2, 0) is 13.2 Å². The summed E-state index contributed by atoms with van der Waals surface area (Å²) in [5.74, 6) is -1.32. The molecule has 116 valence electrons. The first-order chi connectivity index (χ1) is 10.1. The molecular weight excluding hydrogens is 325 g/mol. The molecule has 22 heavy (non-hydrogen) atoms. The third-order valence-corrected chi connectivity index (χ3v) is 3.19. The maximum absolute atomic E-state index is 12.7. The standard InChI is InChI=1S/C13H8ClF3N2O3/c1-19-10(13(15,16)17)5-9(20)11(18-19)6-2-3-8(14)7(4-6)12(21)22/h2-5H,1H3,(H,21,22). The van der Waals surface area contributed by atoms with Gasteiger partial charge in [0.25, 0.3) is 0 Å². The number of alkyl halides is 3. The molecule has 1 heterocycles. The normalized spacial score (nSPS) is 11.5. The van der Waals surface area contributed by atoms with E-state index in [-0.39, 0.29) is 21.8 Å². The van der Waals surface area contributed by atoms with Crippen molar-refractivity contribution in [3.05, 3.63) is 50.8 Å². The molecule has 2 aromatic rings. The summed E-state index contributed by atoms with van der Waals surface area (Å²) in [6.07, 6.45) is -4.72. The Hall–Kier alpha value is -2.35. The average molecular weight is 333 g/mol. The van der Waals surface area contributed by atoms with E-state index in [1.165, 1.54) is 12.1 Å². The number of nitrogens with zero attached hydrogens (tertiary/aromatic N) is 2. The molecule has 5 nitrogen and oxygen atoms in total. The van der Waals surface area contributed by atoms with Crippen molar-refractivity contribution in [2.75, 3.05) is 0 Å². The van der Waals surface area contributed by atoms with Gasteiger partial charge in [-0.25, -0.2) is 4.79 Å². The highest BCUT2D eigenvalue weighted by molar-refractivity contribution is 6.33. The van der Waals surface area contributed by atoms with Gasteiger partial charge in [0, 0.05) is 18.7 Å². The van der Waals surface area contributed by atoms with E-state index >= 15 is 0 Å². The summed E-state index contributed by atoms with van der Waals surface area (Å²) in [6, 6.07) is 4.05. The van der Waals surface area contributed by atoms with Crippen molar-refractivity contribution in [2.45, 2.75) is 6.18 Å². The number of aromatic nitrogens is 2. The van der Waals surface area contributed by atoms with E-state index in [1.807, 2.05) is 0 Å². The zero-order valence-electron chi connectivity index (χ0n) is 11.0. The Morgan fingerprint density at radius 3 is 2.50 bits per heavy atom. The Balaban J connectivity index is 2.65. The summed E-state index contributed by atoms with van der Waals surface area (Å²) >= 11 is 5.70. The van der Waals surface area contributed by atoms with Gasteiger partial charge in [-0.05, 0) is 12.1 Å². The van der Waals surface area contributed by atoms with E-state index < -0.39 is 23.3 Å². The SMILES string of the molecule is Cn1nc(-c2ccc(Cl)c(C(=O)O)c2)c(=O)cc1C(F)(F)F. The molecule has 0 unspecified atom stereocenters. The first kappa shape index (κ1) is 16.0. The number of halogens is 4. The summed E-state index contributed by atoms with van der Waals surface area (Å²) in [6.45, 7) is 0. The van der Waals surface area contributed by atoms with Crippen LogP contribution < -0.4 is 5.43 Å². The van der Waals surface area contributed by atoms with Gasteiger partial charge in [-0.2, -0.15) is 18.3 Å². The number of hydrogen-bond acceptors (Lipinski definition) is 3. The topological polar surface area (TPSA) is 72.2 Å². The fourth-order valence-corrected chi connectivity index (χ4v) is 2.04. The molecule has 1 aromatic carbocycles. The second-order valence-corrected chi connectivity index (χ2v) is 4.77. The molecule has 0 aliphatic rings. The summed E-state index contributed by atoms with van der Waals surface area (Å²) < 4.78 is 38.6. The summed E-state index contributed by atoms with van der Waals surface area (Å²) in [5, 5.41) is 12.5. The molecular formula is C13H8ClF3N2O3. The van der Waals surface area contributed by atoms with Crippen LogP contribution in [0.1, 0.15) is 16.1 Å². The van der Waals surface area contributed by atoms with Crippen LogP contribution in [0, 0.1) is 0 Å². The van der Waals surface area contributed by atoms with Gasteiger partial charge in [0.2, 0.25) is 5.43 Å². The predicted molar refractivity (Wildman–Crippen MR) is 71.9 cm³/mol. The molecule has 1 aromatic heterocycles. The molecule has 0 aliphatic carbocycles. The van der Waals surface area contributed by atoms with Crippen LogP contribution in [0.4, 0.5) is 13.2 Å². The first-order valence-electron chi connectivity index (χ1n) is 5.80. The number of carboxylic acid groups (broad SMARTS) is 1. The van der Waals surface area contributed by atoms with Crippen LogP contribution >= 0.6 is 11.6 Å². The molecule has 2 rings (SSSR count). The zero-order valence-corrected chi connectivity index (χ0v) is 11.7. The minimum atomic E-state index is -4.72. The average Bonchev–Trinajstić information content (AvgIpc) is 2.40. The summed E-state index contributed by atoms with van der Waals surface area (Å²) in [5.41, 5.74) is -2.67. The third-order valence-electron chi connectivity index (χ3n) is 2.86. The summed E-state index contributed by atoms with van der Waals surface area (Å²) in [4.78, 5) is 22.9. The molecule has 1 N–H and O–H groups in total. The lowest BCUT2D eigenvalue weighted by atomic mass is 10.1. The monoisotopic (exact) mass is 332 g/mol. The fourth-order valence-electron chi connectivity index (χ4n) is 1.84. The van der Waals surface area contributed by atoms with Crippen molar-refractivity contribution in [1.82, 2.24) is 9.78 Å². The van der Waals surface area contributed by atoms with Gasteiger partial charge in [-0.3, -0.25) is 9.48 Å². The van der Waals surface area contributed by atoms with Gasteiger partial charge in [-0.1, -0.05) is 17.7 Å². The maximum Gasteiger partial charge on any atom is 0.433 e. The Bertz CT molecular complexity index is 815. The largest absolute Gasteiger partial charge is 0.478 e. The third kappa shape index (κ3) is 2.96. The van der Waals surface area contributed by atoms with E-state index in [0.29, 0.717) is 10.7 Å². The molecule has 0 spiro atoms. The number of benzene rings is 1. The zero-order chi connectivity index (χ0) is 16.7. The van der Waals surface area contributed by atoms with E-state index in [4.69, 9.17) is 16.7 Å². The Labute approximate surface area is 126 Å². The Morgan fingerprint density at radius 2 is 1.95 bits per heavy atom. The number of carbonyl (C=O) groups is 1. The minimum absolute atomic E-state index is 0.0556. The highest BCUT2D eigenvalue weighted by Gasteiger charge is 2.34. The molecule has 9 heteroatoms. The van der Waals surface area contributed by atoms with Crippen LogP contribution in [0.2, 0.25) is 5.02 Å². The summed E-state index contributed by atoms with van der Waals surface area (Å²) in [7, 11) is 1.04. The number of rotatable bonds is 2. The number of hydrogen-bond donors (Lipinski definition) is 1. The van der Waals surface area contributed by atoms with Gasteiger partial charge in [0.1, 0.15) is 11.4 Å². The highest BCUT2D eigenvalue weighted by atomic mass is 35.5. The molecule has 0 radical (unpaired) electrons. The predicted octanol–water partition coefficient (Wildman–Crippen LogP) is 2.82. The minimum Gasteiger partial charge on any atom is -0.478 e. The molecule has 0 atom stereocenters. The maximum atomic E-state index is 12.7. The van der Waals surface area contributed by atoms with Crippen molar-refractivity contribution in [1.29, 1.82) is 0 Å². The van der Waals surface area contributed by atoms with E-state index in [9.17, 15) is 22.8 Å². The second kappa shape index (κ2) is 5.45. The van der Waals surface area contributed by atoms with Crippen LogP contribution in [0.3, 0.4) is 0 Å². The highest BCUT2D eigenvalue weighted by Crippen LogP contribution is 2.28. The second-order valence-electron chi connectivity index (χ2n) is 4.36. The van der Waals surface area contributed by atoms with Gasteiger partial charge in [-0.15, -0.1) is 0 Å². The van der Waals surface area contributed by atoms with Crippen LogP contribution in [0.25, 0.3) is 11.3 Å². The lowest BCUT2D eigenvalue weighted by molar-refractivity contribution is -0.144. The van der Waals surface area contributed by atoms with Crippen molar-refractivity contribution >= 4 is 17.6 Å². The van der Waals surface area contributed by atoms with Gasteiger partial charge >= 0.3 is 12.1 Å². The van der Waals surface area contributed by atoms with Crippen LogP contribution in [-0.4, -0.2) is 20.9 Å². The van der Waals surface area contributed by atoms with Crippen LogP contribution in [0.5, 0.6) is 0 Å². The molecule has 0 aliphatic heterocycles. The number of aryl methyl sites for hydroxylation is 1. The molecule has 0 saturated carbocycles. The van der Waals surface area contributed by atoms with E-state index in [2.05, 4.69) is 5.10 Å². The van der Waals surface area contributed by atoms with Crippen molar-refractivity contribution in [2.24, 2.45) is 7.05 Å². The number of aromatic carboxylic acids is 1. The molecule has 0 bridgehead atoms. The van der Waals surface area contributed by atoms with Crippen molar-refractivity contribution in [3.63, 3.8) is 0 Å². The Kier molecular flexibility index (Phi) is 3.97. The first-order valence-corrected chi connectivity index (χ1v) is 6.18. The van der Waals surface area contributed by atoms with E-state index in [1.54, 1.807) is 0 Å². The number of carboxylic acids is 1. The van der Waals surface area contributed by atoms with Gasteiger partial charge < -0.3 is 5.11 Å². The molecule has 0 saturated heterocycles. The Morgan fingerprint density at radius 1 is 1.32 bits per heavy atom. The lowest BCUT2D eigenvalue weighted by Gasteiger charge is -2.12. The molecule has 0 amide bonds. The smallest absolute Gasteiger partial charge is 0.433 e. The van der Waals surface area contributed by atoms with Gasteiger partial charge in [0.15, 0.2) is 0 Å². The lowest BCUT2D eigenvalue weighted by Crippen LogP contribution is -2.22. The van der Waals surface area contributed by atoms with Crippen molar-refractivity contribution in [3.8, 4) is 11.3 Å². The van der Waals surface area contributed by atoms with Crippen LogP contribution in [0.15, 0.2) is 29.1 Å².